The molecule has 0 radical (unpaired) electrons. The molecule has 1 aromatic carbocycles. The lowest BCUT2D eigenvalue weighted by molar-refractivity contribution is 0.171. The Morgan fingerprint density at radius 3 is 2.87 bits per heavy atom. The number of nitrogens with one attached hydrogen (secondary N) is 1. The summed E-state index contributed by atoms with van der Waals surface area (Å²) in [5.41, 5.74) is -0.279. The molecule has 0 saturated heterocycles. The molecule has 3 nitrogen and oxygen atoms in total. The fraction of sp³-hybridized carbons (Fsp3) is 0.364. The van der Waals surface area contributed by atoms with Crippen molar-refractivity contribution in [1.82, 2.24) is 0 Å². The molecule has 0 aliphatic rings. The maximum absolute atomic E-state index is 12.9. The van der Waals surface area contributed by atoms with Crippen LogP contribution in [-0.4, -0.2) is 19.3 Å². The number of nitriles is 1. The highest BCUT2D eigenvalue weighted by Gasteiger charge is 2.23. The van der Waals surface area contributed by atoms with Crippen molar-refractivity contribution in [1.29, 1.82) is 5.26 Å². The molecular formula is C11H13FN2O. The van der Waals surface area contributed by atoms with Gasteiger partial charge in [0.05, 0.1) is 12.7 Å². The smallest absolute Gasteiger partial charge is 0.146 e. The van der Waals surface area contributed by atoms with E-state index in [1.807, 2.05) is 0 Å². The molecule has 0 aliphatic carbocycles. The van der Waals surface area contributed by atoms with Gasteiger partial charge in [0.1, 0.15) is 11.4 Å². The lowest BCUT2D eigenvalue weighted by Crippen LogP contribution is -2.37. The molecule has 1 rings (SSSR count). The van der Waals surface area contributed by atoms with Crippen LogP contribution in [0.4, 0.5) is 10.1 Å². The quantitative estimate of drug-likeness (QED) is 0.824. The van der Waals surface area contributed by atoms with E-state index in [9.17, 15) is 4.39 Å². The summed E-state index contributed by atoms with van der Waals surface area (Å²) in [7, 11) is 1.52. The SMILES string of the molecule is COCC(C)(C#N)Nc1cccc(F)c1. The van der Waals surface area contributed by atoms with Gasteiger partial charge in [-0.2, -0.15) is 5.26 Å². The Morgan fingerprint density at radius 1 is 1.60 bits per heavy atom. The number of benzene rings is 1. The Hall–Kier alpha value is -1.60. The minimum Gasteiger partial charge on any atom is -0.381 e. The van der Waals surface area contributed by atoms with Crippen molar-refractivity contribution in [3.05, 3.63) is 30.1 Å². The van der Waals surface area contributed by atoms with Gasteiger partial charge < -0.3 is 10.1 Å². The number of hydrogen-bond acceptors (Lipinski definition) is 3. The molecule has 4 heteroatoms. The molecule has 0 heterocycles. The van der Waals surface area contributed by atoms with Gasteiger partial charge in [-0.1, -0.05) is 6.07 Å². The summed E-state index contributed by atoms with van der Waals surface area (Å²) in [6.45, 7) is 1.93. The van der Waals surface area contributed by atoms with Crippen molar-refractivity contribution in [3.63, 3.8) is 0 Å². The van der Waals surface area contributed by atoms with Gasteiger partial charge in [0.2, 0.25) is 0 Å². The van der Waals surface area contributed by atoms with Gasteiger partial charge >= 0.3 is 0 Å². The predicted molar refractivity (Wildman–Crippen MR) is 55.9 cm³/mol. The van der Waals surface area contributed by atoms with Gasteiger partial charge in [0.25, 0.3) is 0 Å². The van der Waals surface area contributed by atoms with Crippen LogP contribution in [0.1, 0.15) is 6.92 Å². The fourth-order valence-electron chi connectivity index (χ4n) is 1.27. The minimum absolute atomic E-state index is 0.236. The number of hydrogen-bond donors (Lipinski definition) is 1. The highest BCUT2D eigenvalue weighted by Crippen LogP contribution is 2.16. The van der Waals surface area contributed by atoms with Crippen molar-refractivity contribution >= 4 is 5.69 Å². The lowest BCUT2D eigenvalue weighted by Gasteiger charge is -2.23. The molecule has 80 valence electrons. The first kappa shape index (κ1) is 11.5. The van der Waals surface area contributed by atoms with Crippen LogP contribution in [0.25, 0.3) is 0 Å². The molecule has 0 saturated carbocycles. The summed E-state index contributed by atoms with van der Waals surface area (Å²) in [5.74, 6) is -0.335. The molecule has 0 amide bonds. The number of halogens is 1. The minimum atomic E-state index is -0.845. The Labute approximate surface area is 88.5 Å². The van der Waals surface area contributed by atoms with Gasteiger partial charge in [-0.05, 0) is 25.1 Å². The van der Waals surface area contributed by atoms with E-state index in [2.05, 4.69) is 11.4 Å². The van der Waals surface area contributed by atoms with Crippen molar-refractivity contribution in [2.24, 2.45) is 0 Å². The monoisotopic (exact) mass is 208 g/mol. The van der Waals surface area contributed by atoms with Gasteiger partial charge in [0, 0.05) is 12.8 Å². The van der Waals surface area contributed by atoms with E-state index in [-0.39, 0.29) is 12.4 Å². The Bertz CT molecular complexity index is 375. The third-order valence-electron chi connectivity index (χ3n) is 1.92. The van der Waals surface area contributed by atoms with Crippen LogP contribution >= 0.6 is 0 Å². The van der Waals surface area contributed by atoms with E-state index in [0.717, 1.165) is 0 Å². The fourth-order valence-corrected chi connectivity index (χ4v) is 1.27. The van der Waals surface area contributed by atoms with E-state index in [4.69, 9.17) is 10.00 Å². The van der Waals surface area contributed by atoms with Crippen LogP contribution in [0, 0.1) is 17.1 Å². The predicted octanol–water partition coefficient (Wildman–Crippen LogP) is 2.17. The number of ether oxygens (including phenoxy) is 1. The molecule has 0 aliphatic heterocycles. The average Bonchev–Trinajstić information content (AvgIpc) is 2.18. The third-order valence-corrected chi connectivity index (χ3v) is 1.92. The topological polar surface area (TPSA) is 45.0 Å². The molecule has 1 aromatic rings. The molecular weight excluding hydrogens is 195 g/mol. The number of anilines is 1. The summed E-state index contributed by atoms with van der Waals surface area (Å²) >= 11 is 0. The van der Waals surface area contributed by atoms with Crippen LogP contribution in [0.3, 0.4) is 0 Å². The van der Waals surface area contributed by atoms with E-state index >= 15 is 0 Å². The van der Waals surface area contributed by atoms with Crippen molar-refractivity contribution in [2.45, 2.75) is 12.5 Å². The van der Waals surface area contributed by atoms with E-state index in [0.29, 0.717) is 5.69 Å². The lowest BCUT2D eigenvalue weighted by atomic mass is 10.1. The second kappa shape index (κ2) is 4.76. The molecule has 0 bridgehead atoms. The first-order valence-electron chi connectivity index (χ1n) is 4.53. The summed E-state index contributed by atoms with van der Waals surface area (Å²) < 4.78 is 17.8. The molecule has 0 fully saturated rings. The Morgan fingerprint density at radius 2 is 2.33 bits per heavy atom. The molecule has 1 atom stereocenters. The van der Waals surface area contributed by atoms with Crippen LogP contribution in [0.5, 0.6) is 0 Å². The second-order valence-corrected chi connectivity index (χ2v) is 3.51. The van der Waals surface area contributed by atoms with Crippen LogP contribution < -0.4 is 5.32 Å². The number of rotatable bonds is 4. The maximum Gasteiger partial charge on any atom is 0.146 e. The van der Waals surface area contributed by atoms with Crippen LogP contribution in [0.15, 0.2) is 24.3 Å². The highest BCUT2D eigenvalue weighted by atomic mass is 19.1. The van der Waals surface area contributed by atoms with Crippen molar-refractivity contribution < 1.29 is 9.13 Å². The molecule has 15 heavy (non-hydrogen) atoms. The zero-order valence-corrected chi connectivity index (χ0v) is 8.75. The maximum atomic E-state index is 12.9. The largest absolute Gasteiger partial charge is 0.381 e. The Balaban J connectivity index is 2.80. The molecule has 1 unspecified atom stereocenters. The Kier molecular flexibility index (Phi) is 3.64. The highest BCUT2D eigenvalue weighted by molar-refractivity contribution is 5.47. The zero-order chi connectivity index (χ0) is 11.3. The molecule has 1 N–H and O–H groups in total. The summed E-state index contributed by atoms with van der Waals surface area (Å²) in [4.78, 5) is 0. The molecule has 0 aromatic heterocycles. The van der Waals surface area contributed by atoms with Crippen molar-refractivity contribution in [3.8, 4) is 6.07 Å². The van der Waals surface area contributed by atoms with Crippen LogP contribution in [-0.2, 0) is 4.74 Å². The second-order valence-electron chi connectivity index (χ2n) is 3.51. The van der Waals surface area contributed by atoms with Gasteiger partial charge in [-0.3, -0.25) is 0 Å². The van der Waals surface area contributed by atoms with Crippen LogP contribution in [0.2, 0.25) is 0 Å². The van der Waals surface area contributed by atoms with E-state index in [1.54, 1.807) is 19.1 Å². The normalized spacial score (nSPS) is 14.0. The van der Waals surface area contributed by atoms with Gasteiger partial charge in [-0.25, -0.2) is 4.39 Å². The average molecular weight is 208 g/mol. The zero-order valence-electron chi connectivity index (χ0n) is 8.75. The van der Waals surface area contributed by atoms with Gasteiger partial charge in [0.15, 0.2) is 0 Å². The van der Waals surface area contributed by atoms with E-state index in [1.165, 1.54) is 19.2 Å². The van der Waals surface area contributed by atoms with E-state index < -0.39 is 5.54 Å². The number of methoxy groups -OCH3 is 1. The first-order chi connectivity index (χ1) is 7.09. The summed E-state index contributed by atoms with van der Waals surface area (Å²) in [5, 5.41) is 11.9. The molecule has 0 spiro atoms. The summed E-state index contributed by atoms with van der Waals surface area (Å²) in [6, 6.07) is 8.07. The number of nitrogens with zero attached hydrogens (tertiary/aromatic N) is 1. The first-order valence-corrected chi connectivity index (χ1v) is 4.53. The van der Waals surface area contributed by atoms with Crippen molar-refractivity contribution in [2.75, 3.05) is 19.0 Å². The third kappa shape index (κ3) is 3.22. The van der Waals surface area contributed by atoms with Gasteiger partial charge in [-0.15, -0.1) is 0 Å². The summed E-state index contributed by atoms with van der Waals surface area (Å²) in [6.07, 6.45) is 0. The standard InChI is InChI=1S/C11H13FN2O/c1-11(7-13,8-15-2)14-10-5-3-4-9(12)6-10/h3-6,14H,8H2,1-2H3.